The number of rotatable bonds is 26. The fourth-order valence-corrected chi connectivity index (χ4v) is 3.74. The van der Waals surface area contributed by atoms with Crippen molar-refractivity contribution < 1.29 is 19.2 Å². The second kappa shape index (κ2) is 22.2. The minimum atomic E-state index is -0.960. The zero-order valence-corrected chi connectivity index (χ0v) is 24.6. The van der Waals surface area contributed by atoms with E-state index < -0.39 is 53.8 Å². The lowest BCUT2D eigenvalue weighted by atomic mass is 9.93. The first-order valence-corrected chi connectivity index (χ1v) is 14.0. The molecule has 0 bridgehead atoms. The highest BCUT2D eigenvalue weighted by Gasteiger charge is 2.33. The fraction of sp³-hybridized carbons (Fsp3) is 0.792. The number of nitrogens with two attached hydrogens (primary N) is 5. The summed E-state index contributed by atoms with van der Waals surface area (Å²) in [5.74, 6) is -3.01. The Hall–Kier alpha value is -2.45. The van der Waals surface area contributed by atoms with Crippen molar-refractivity contribution in [2.24, 2.45) is 34.6 Å². The molecule has 0 aliphatic heterocycles. The van der Waals surface area contributed by atoms with Gasteiger partial charge in [-0.2, -0.15) is 0 Å². The SMILES string of the molecule is CC(=O)C(=O)[C@H](CCCNC(N)N)NN[C@H](C(=O)C(=O)[C@H](CCCNC(N)N)NNCCCCNC(=N)N)C(C)C. The molecule has 17 heteroatoms. The first-order valence-electron chi connectivity index (χ1n) is 14.0. The second-order valence-corrected chi connectivity index (χ2v) is 10.1. The lowest BCUT2D eigenvalue weighted by molar-refractivity contribution is -0.140. The van der Waals surface area contributed by atoms with Crippen LogP contribution in [0.3, 0.4) is 0 Å². The summed E-state index contributed by atoms with van der Waals surface area (Å²) in [5.41, 5.74) is 38.8. The molecule has 0 fully saturated rings. The third kappa shape index (κ3) is 18.6. The summed E-state index contributed by atoms with van der Waals surface area (Å²) in [7, 11) is 0. The van der Waals surface area contributed by atoms with Gasteiger partial charge in [0.1, 0.15) is 12.6 Å². The fourth-order valence-electron chi connectivity index (χ4n) is 3.74. The molecule has 0 saturated carbocycles. The van der Waals surface area contributed by atoms with Crippen molar-refractivity contribution in [3.8, 4) is 0 Å². The number of Topliss-reactive ketones (excluding diaryl/α,β-unsaturated/α-hetero) is 4. The zero-order valence-electron chi connectivity index (χ0n) is 24.6. The van der Waals surface area contributed by atoms with Crippen molar-refractivity contribution >= 4 is 29.1 Å². The molecule has 0 radical (unpaired) electrons. The van der Waals surface area contributed by atoms with Crippen molar-refractivity contribution in [1.29, 1.82) is 5.41 Å². The normalized spacial score (nSPS) is 13.8. The number of unbranched alkanes of at least 4 members (excludes halogenated alkanes) is 1. The van der Waals surface area contributed by atoms with E-state index in [1.54, 1.807) is 13.8 Å². The number of guanidine groups is 1. The monoisotopic (exact) mass is 587 g/mol. The van der Waals surface area contributed by atoms with Crippen molar-refractivity contribution in [3.63, 3.8) is 0 Å². The Bertz CT molecular complexity index is 810. The Morgan fingerprint density at radius 1 is 0.683 bits per heavy atom. The van der Waals surface area contributed by atoms with Crippen molar-refractivity contribution in [1.82, 2.24) is 37.7 Å². The first-order chi connectivity index (χ1) is 19.3. The second-order valence-electron chi connectivity index (χ2n) is 10.1. The van der Waals surface area contributed by atoms with E-state index in [0.29, 0.717) is 45.4 Å². The highest BCUT2D eigenvalue weighted by molar-refractivity contribution is 6.41. The molecule has 0 aliphatic carbocycles. The molecule has 0 unspecified atom stereocenters. The van der Waals surface area contributed by atoms with E-state index in [-0.39, 0.29) is 18.3 Å². The predicted molar refractivity (Wildman–Crippen MR) is 157 cm³/mol. The predicted octanol–water partition coefficient (Wildman–Crippen LogP) is -4.36. The van der Waals surface area contributed by atoms with Crippen LogP contribution in [0.4, 0.5) is 0 Å². The number of hydrogen-bond acceptors (Lipinski definition) is 15. The molecule has 3 atom stereocenters. The van der Waals surface area contributed by atoms with Crippen LogP contribution < -0.4 is 66.3 Å². The Labute approximate surface area is 242 Å². The largest absolute Gasteiger partial charge is 0.370 e. The molecule has 0 aromatic carbocycles. The molecular formula is C24H53N13O4. The zero-order chi connectivity index (χ0) is 31.4. The molecule has 0 saturated heterocycles. The van der Waals surface area contributed by atoms with Crippen LogP contribution in [0.25, 0.3) is 0 Å². The van der Waals surface area contributed by atoms with Crippen molar-refractivity contribution in [2.45, 2.75) is 90.0 Å². The van der Waals surface area contributed by atoms with Crippen LogP contribution in [0.5, 0.6) is 0 Å². The van der Waals surface area contributed by atoms with Gasteiger partial charge in [0.25, 0.3) is 0 Å². The number of carbonyl (C=O) groups excluding carboxylic acids is 4. The highest BCUT2D eigenvalue weighted by Crippen LogP contribution is 2.08. The maximum Gasteiger partial charge on any atom is 0.218 e. The van der Waals surface area contributed by atoms with Gasteiger partial charge in [-0.05, 0) is 57.5 Å². The molecule has 0 aliphatic rings. The molecule has 0 heterocycles. The summed E-state index contributed by atoms with van der Waals surface area (Å²) >= 11 is 0. The molecule has 17 nitrogen and oxygen atoms in total. The Balaban J connectivity index is 5.30. The topological polar surface area (TPSA) is 306 Å². The van der Waals surface area contributed by atoms with E-state index in [2.05, 4.69) is 37.7 Å². The summed E-state index contributed by atoms with van der Waals surface area (Å²) in [6.07, 6.45) is 1.64. The summed E-state index contributed by atoms with van der Waals surface area (Å²) in [5, 5.41) is 15.6. The van der Waals surface area contributed by atoms with E-state index in [1.165, 1.54) is 6.92 Å². The van der Waals surface area contributed by atoms with E-state index in [9.17, 15) is 19.2 Å². The van der Waals surface area contributed by atoms with Crippen LogP contribution >= 0.6 is 0 Å². The van der Waals surface area contributed by atoms with Gasteiger partial charge < -0.3 is 34.0 Å². The van der Waals surface area contributed by atoms with Crippen LogP contribution in [0.15, 0.2) is 0 Å². The van der Waals surface area contributed by atoms with Crippen molar-refractivity contribution in [3.05, 3.63) is 0 Å². The number of hydrogen-bond donors (Lipinski definition) is 13. The first kappa shape index (κ1) is 38.5. The van der Waals surface area contributed by atoms with Gasteiger partial charge in [-0.15, -0.1) is 0 Å². The standard InChI is InChI=1S/C24H53N13O4/c1-14(2)18(37-36-16(19(39)15(3)38)8-6-11-32-23(27)28)21(41)20(40)17(9-7-12-33-24(29)30)35-34-13-5-4-10-31-22(25)26/h14,16-18,23-24,32-37H,4-13,27-30H2,1-3H3,(H4,25,26,31)/t16-,17-,18-/m0/s1. The van der Waals surface area contributed by atoms with E-state index in [4.69, 9.17) is 34.1 Å². The van der Waals surface area contributed by atoms with Gasteiger partial charge in [0.15, 0.2) is 11.7 Å². The summed E-state index contributed by atoms with van der Waals surface area (Å²) in [6.45, 7) is 6.62. The maximum absolute atomic E-state index is 13.4. The Morgan fingerprint density at radius 2 is 1.20 bits per heavy atom. The number of nitrogens with one attached hydrogen (secondary N) is 8. The van der Waals surface area contributed by atoms with Gasteiger partial charge in [-0.25, -0.2) is 16.3 Å². The molecule has 0 aromatic heterocycles. The van der Waals surface area contributed by atoms with Crippen molar-refractivity contribution in [2.75, 3.05) is 26.2 Å². The lowest BCUT2D eigenvalue weighted by Crippen LogP contribution is -2.59. The van der Waals surface area contributed by atoms with Crippen LogP contribution in [0.1, 0.15) is 59.3 Å². The smallest absolute Gasteiger partial charge is 0.218 e. The molecule has 0 aromatic rings. The minimum absolute atomic E-state index is 0.0980. The molecule has 0 amide bonds. The molecule has 18 N–H and O–H groups in total. The molecule has 41 heavy (non-hydrogen) atoms. The van der Waals surface area contributed by atoms with Crippen LogP contribution in [-0.2, 0) is 19.2 Å². The molecule has 0 rings (SSSR count). The lowest BCUT2D eigenvalue weighted by Gasteiger charge is -2.26. The van der Waals surface area contributed by atoms with E-state index in [0.717, 1.165) is 12.8 Å². The molecule has 238 valence electrons. The summed E-state index contributed by atoms with van der Waals surface area (Å²) in [4.78, 5) is 50.9. The van der Waals surface area contributed by atoms with E-state index in [1.807, 2.05) is 0 Å². The van der Waals surface area contributed by atoms with Crippen LogP contribution in [0.2, 0.25) is 0 Å². The van der Waals surface area contributed by atoms with Gasteiger partial charge in [0, 0.05) is 20.0 Å². The van der Waals surface area contributed by atoms with Crippen LogP contribution in [-0.4, -0.2) is 86.0 Å². The summed E-state index contributed by atoms with van der Waals surface area (Å²) in [6, 6.07) is -2.71. The average molecular weight is 588 g/mol. The third-order valence-electron chi connectivity index (χ3n) is 6.00. The number of carbonyl (C=O) groups is 4. The van der Waals surface area contributed by atoms with Gasteiger partial charge in [-0.3, -0.25) is 40.6 Å². The number of hydrazine groups is 2. The summed E-state index contributed by atoms with van der Waals surface area (Å²) < 4.78 is 0. The van der Waals surface area contributed by atoms with Gasteiger partial charge in [-0.1, -0.05) is 13.8 Å². The third-order valence-corrected chi connectivity index (χ3v) is 6.00. The van der Waals surface area contributed by atoms with Gasteiger partial charge in [0.2, 0.25) is 17.3 Å². The minimum Gasteiger partial charge on any atom is -0.370 e. The highest BCUT2D eigenvalue weighted by atomic mass is 16.2. The average Bonchev–Trinajstić information content (AvgIpc) is 2.88. The molecule has 0 spiro atoms. The van der Waals surface area contributed by atoms with Gasteiger partial charge >= 0.3 is 0 Å². The van der Waals surface area contributed by atoms with E-state index >= 15 is 0 Å². The quantitative estimate of drug-likeness (QED) is 0.0113. The van der Waals surface area contributed by atoms with Crippen LogP contribution in [0, 0.1) is 11.3 Å². The number of ketones is 4. The Kier molecular flexibility index (Phi) is 20.9. The molecular weight excluding hydrogens is 534 g/mol. The van der Waals surface area contributed by atoms with Gasteiger partial charge in [0.05, 0.1) is 18.1 Å². The Morgan fingerprint density at radius 3 is 1.66 bits per heavy atom. The maximum atomic E-state index is 13.4.